The Morgan fingerprint density at radius 3 is 1.49 bits per heavy atom. The van der Waals surface area contributed by atoms with Crippen LogP contribution < -0.4 is 0 Å². The molecule has 0 aliphatic rings. The van der Waals surface area contributed by atoms with Gasteiger partial charge < -0.3 is 14.9 Å². The molecule has 0 heterocycles. The first-order valence-electron chi connectivity index (χ1n) is 15.9. The molecule has 5 nitrogen and oxygen atoms in total. The standard InChI is InChI=1S/C32H62O5/c1-5-7-9-18-22-27(3)29(28(4)23-19-10-8-6-2)24-20-16-14-12-11-13-15-17-21-25-37-32(36)30(33)26-31(34)35/h27-30,33H,5-26H2,1-4H3,(H,34,35). The molecule has 0 radical (unpaired) electrons. The Hall–Kier alpha value is -1.10. The van der Waals surface area contributed by atoms with E-state index < -0.39 is 24.5 Å². The van der Waals surface area contributed by atoms with Gasteiger partial charge in [-0.25, -0.2) is 4.79 Å². The number of esters is 1. The third kappa shape index (κ3) is 21.5. The number of carbonyl (C=O) groups is 2. The second-order valence-electron chi connectivity index (χ2n) is 11.6. The zero-order valence-electron chi connectivity index (χ0n) is 25.0. The van der Waals surface area contributed by atoms with Gasteiger partial charge >= 0.3 is 11.9 Å². The molecule has 0 saturated heterocycles. The van der Waals surface area contributed by atoms with Crippen LogP contribution in [-0.2, 0) is 14.3 Å². The molecule has 0 saturated carbocycles. The van der Waals surface area contributed by atoms with Gasteiger partial charge in [-0.05, 0) is 30.6 Å². The van der Waals surface area contributed by atoms with Gasteiger partial charge in [0.05, 0.1) is 13.0 Å². The zero-order chi connectivity index (χ0) is 27.7. The second kappa shape index (κ2) is 25.2. The monoisotopic (exact) mass is 526 g/mol. The SMILES string of the molecule is CCCCCCC(C)C(CCCCCCCCCCCOC(=O)C(O)CC(=O)O)C(C)CCCCCC. The third-order valence-electron chi connectivity index (χ3n) is 8.05. The number of aliphatic hydroxyl groups excluding tert-OH is 1. The maximum absolute atomic E-state index is 11.5. The minimum Gasteiger partial charge on any atom is -0.481 e. The summed E-state index contributed by atoms with van der Waals surface area (Å²) in [6.45, 7) is 9.90. The van der Waals surface area contributed by atoms with Crippen LogP contribution in [0.15, 0.2) is 0 Å². The molecular weight excluding hydrogens is 464 g/mol. The highest BCUT2D eigenvalue weighted by Crippen LogP contribution is 2.33. The molecule has 0 amide bonds. The normalized spacial score (nSPS) is 14.7. The summed E-state index contributed by atoms with van der Waals surface area (Å²) in [6, 6.07) is 0. The van der Waals surface area contributed by atoms with Crippen molar-refractivity contribution in [2.24, 2.45) is 17.8 Å². The number of rotatable bonds is 27. The highest BCUT2D eigenvalue weighted by atomic mass is 16.5. The number of hydrogen-bond acceptors (Lipinski definition) is 4. The molecule has 0 fully saturated rings. The largest absolute Gasteiger partial charge is 0.481 e. The Labute approximate surface area is 229 Å². The number of carboxylic acids is 1. The van der Waals surface area contributed by atoms with Gasteiger partial charge in [-0.2, -0.15) is 0 Å². The lowest BCUT2D eigenvalue weighted by Crippen LogP contribution is -2.26. The van der Waals surface area contributed by atoms with Gasteiger partial charge in [0, 0.05) is 0 Å². The molecule has 37 heavy (non-hydrogen) atoms. The molecule has 0 aliphatic heterocycles. The van der Waals surface area contributed by atoms with E-state index in [1.165, 1.54) is 109 Å². The maximum atomic E-state index is 11.5. The summed E-state index contributed by atoms with van der Waals surface area (Å²) < 4.78 is 4.94. The molecule has 0 aromatic carbocycles. The maximum Gasteiger partial charge on any atom is 0.335 e. The highest BCUT2D eigenvalue weighted by molar-refractivity contribution is 5.80. The van der Waals surface area contributed by atoms with Gasteiger partial charge in [0.15, 0.2) is 6.10 Å². The second-order valence-corrected chi connectivity index (χ2v) is 11.6. The van der Waals surface area contributed by atoms with E-state index in [1.807, 2.05) is 0 Å². The number of hydrogen-bond donors (Lipinski definition) is 2. The Morgan fingerprint density at radius 1 is 0.622 bits per heavy atom. The van der Waals surface area contributed by atoms with Crippen molar-refractivity contribution >= 4 is 11.9 Å². The van der Waals surface area contributed by atoms with E-state index >= 15 is 0 Å². The summed E-state index contributed by atoms with van der Waals surface area (Å²) in [5.74, 6) is 0.573. The number of aliphatic carboxylic acids is 1. The molecule has 5 heteroatoms. The first-order valence-corrected chi connectivity index (χ1v) is 15.9. The third-order valence-corrected chi connectivity index (χ3v) is 8.05. The van der Waals surface area contributed by atoms with Gasteiger partial charge in [-0.1, -0.05) is 143 Å². The summed E-state index contributed by atoms with van der Waals surface area (Å²) in [5.41, 5.74) is 0. The van der Waals surface area contributed by atoms with Crippen molar-refractivity contribution in [1.29, 1.82) is 0 Å². The van der Waals surface area contributed by atoms with E-state index in [0.29, 0.717) is 0 Å². The molecule has 0 aromatic heterocycles. The molecule has 3 unspecified atom stereocenters. The van der Waals surface area contributed by atoms with Crippen molar-refractivity contribution < 1.29 is 24.5 Å². The van der Waals surface area contributed by atoms with Crippen LogP contribution in [0.5, 0.6) is 0 Å². The van der Waals surface area contributed by atoms with Crippen LogP contribution >= 0.6 is 0 Å². The predicted octanol–water partition coefficient (Wildman–Crippen LogP) is 9.10. The van der Waals surface area contributed by atoms with Gasteiger partial charge in [0.1, 0.15) is 0 Å². The fourth-order valence-electron chi connectivity index (χ4n) is 5.58. The van der Waals surface area contributed by atoms with E-state index in [9.17, 15) is 14.7 Å². The van der Waals surface area contributed by atoms with Gasteiger partial charge in [0.2, 0.25) is 0 Å². The molecule has 220 valence electrons. The molecule has 0 aromatic rings. The minimum atomic E-state index is -1.56. The Bertz CT molecular complexity index is 517. The Balaban J connectivity index is 3.97. The van der Waals surface area contributed by atoms with Gasteiger partial charge in [-0.15, -0.1) is 0 Å². The molecule has 0 aliphatic carbocycles. The number of ether oxygens (including phenoxy) is 1. The molecule has 3 atom stereocenters. The van der Waals surface area contributed by atoms with E-state index in [-0.39, 0.29) is 6.61 Å². The number of carboxylic acid groups (broad SMARTS) is 1. The molecular formula is C32H62O5. The van der Waals surface area contributed by atoms with Crippen molar-refractivity contribution in [3.05, 3.63) is 0 Å². The minimum absolute atomic E-state index is 0.255. The zero-order valence-corrected chi connectivity index (χ0v) is 25.0. The topological polar surface area (TPSA) is 83.8 Å². The van der Waals surface area contributed by atoms with Crippen LogP contribution in [-0.4, -0.2) is 34.9 Å². The fraction of sp³-hybridized carbons (Fsp3) is 0.938. The lowest BCUT2D eigenvalue weighted by molar-refractivity contribution is -0.158. The lowest BCUT2D eigenvalue weighted by Gasteiger charge is -2.30. The summed E-state index contributed by atoms with van der Waals surface area (Å²) >= 11 is 0. The van der Waals surface area contributed by atoms with Crippen LogP contribution in [0.4, 0.5) is 0 Å². The first-order chi connectivity index (χ1) is 17.8. The fourth-order valence-corrected chi connectivity index (χ4v) is 5.58. The number of aliphatic hydroxyl groups is 1. The van der Waals surface area contributed by atoms with Gasteiger partial charge in [0.25, 0.3) is 0 Å². The summed E-state index contributed by atoms with van der Waals surface area (Å²) in [7, 11) is 0. The number of carbonyl (C=O) groups excluding carboxylic acids is 1. The van der Waals surface area contributed by atoms with E-state index in [1.54, 1.807) is 0 Å². The summed E-state index contributed by atoms with van der Waals surface area (Å²) in [4.78, 5) is 22.0. The molecule has 2 N–H and O–H groups in total. The van der Waals surface area contributed by atoms with Crippen molar-refractivity contribution in [2.45, 2.75) is 169 Å². The quantitative estimate of drug-likeness (QED) is 0.0823. The predicted molar refractivity (Wildman–Crippen MR) is 155 cm³/mol. The van der Waals surface area contributed by atoms with Crippen molar-refractivity contribution in [2.75, 3.05) is 6.61 Å². The van der Waals surface area contributed by atoms with Crippen LogP contribution in [0, 0.1) is 17.8 Å². The number of unbranched alkanes of at least 4 members (excludes halogenated alkanes) is 14. The van der Waals surface area contributed by atoms with E-state index in [4.69, 9.17) is 9.84 Å². The van der Waals surface area contributed by atoms with Crippen LogP contribution in [0.3, 0.4) is 0 Å². The molecule has 0 rings (SSSR count). The van der Waals surface area contributed by atoms with E-state index in [2.05, 4.69) is 27.7 Å². The summed E-state index contributed by atoms with van der Waals surface area (Å²) in [6.07, 6.45) is 23.8. The smallest absolute Gasteiger partial charge is 0.335 e. The van der Waals surface area contributed by atoms with Crippen LogP contribution in [0.1, 0.15) is 163 Å². The van der Waals surface area contributed by atoms with Gasteiger partial charge in [-0.3, -0.25) is 4.79 Å². The van der Waals surface area contributed by atoms with Crippen LogP contribution in [0.25, 0.3) is 0 Å². The molecule has 0 bridgehead atoms. The molecule has 0 spiro atoms. The van der Waals surface area contributed by atoms with Crippen molar-refractivity contribution in [1.82, 2.24) is 0 Å². The Morgan fingerprint density at radius 2 is 1.03 bits per heavy atom. The Kier molecular flexibility index (Phi) is 24.4. The van der Waals surface area contributed by atoms with Crippen molar-refractivity contribution in [3.8, 4) is 0 Å². The van der Waals surface area contributed by atoms with Crippen molar-refractivity contribution in [3.63, 3.8) is 0 Å². The average molecular weight is 527 g/mol. The first kappa shape index (κ1) is 35.9. The lowest BCUT2D eigenvalue weighted by atomic mass is 9.75. The summed E-state index contributed by atoms with van der Waals surface area (Å²) in [5, 5.41) is 18.0. The van der Waals surface area contributed by atoms with Crippen LogP contribution in [0.2, 0.25) is 0 Å². The highest BCUT2D eigenvalue weighted by Gasteiger charge is 2.23. The average Bonchev–Trinajstić information content (AvgIpc) is 2.86. The van der Waals surface area contributed by atoms with E-state index in [0.717, 1.165) is 37.0 Å².